The molecule has 1 aromatic heterocycles. The molecule has 0 saturated carbocycles. The van der Waals surface area contributed by atoms with E-state index in [-0.39, 0.29) is 18.0 Å². The van der Waals surface area contributed by atoms with E-state index in [4.69, 9.17) is 10.5 Å². The van der Waals surface area contributed by atoms with Gasteiger partial charge in [0.05, 0.1) is 10.6 Å². The Kier molecular flexibility index (Phi) is 3.13. The molecule has 3 N–H and O–H groups in total. The van der Waals surface area contributed by atoms with Crippen LogP contribution < -0.4 is 15.8 Å². The van der Waals surface area contributed by atoms with Crippen LogP contribution in [0.1, 0.15) is 5.69 Å². The number of fused-ring (bicyclic) bond motifs is 1. The van der Waals surface area contributed by atoms with E-state index in [2.05, 4.69) is 10.3 Å². The molecule has 0 saturated heterocycles. The molecular weight excluding hydrogens is 288 g/mol. The molecule has 2 heterocycles. The fourth-order valence-electron chi connectivity index (χ4n) is 2.37. The molecule has 1 aliphatic heterocycles. The third-order valence-electron chi connectivity index (χ3n) is 3.51. The number of para-hydroxylation sites is 1. The number of anilines is 1. The van der Waals surface area contributed by atoms with Gasteiger partial charge in [0.15, 0.2) is 11.2 Å². The van der Waals surface area contributed by atoms with E-state index in [9.17, 15) is 14.9 Å². The molecule has 0 aliphatic carbocycles. The molecular formula is C14H12N4O4. The number of nitrogens with two attached hydrogens (primary N) is 1. The molecule has 2 aromatic rings. The van der Waals surface area contributed by atoms with E-state index in [1.807, 2.05) is 0 Å². The zero-order valence-corrected chi connectivity index (χ0v) is 11.4. The molecule has 0 bridgehead atoms. The topological polar surface area (TPSA) is 120 Å². The molecule has 3 rings (SSSR count). The summed E-state index contributed by atoms with van der Waals surface area (Å²) in [6.07, 6.45) is 1.51. The minimum atomic E-state index is -1.46. The third kappa shape index (κ3) is 2.01. The molecule has 112 valence electrons. The minimum absolute atomic E-state index is 0.104. The SMILES string of the molecule is NC(=O)C1(c2ccccn2)COc2cccc([N+](=O)[O-])c2N1. The lowest BCUT2D eigenvalue weighted by molar-refractivity contribution is -0.384. The van der Waals surface area contributed by atoms with Crippen molar-refractivity contribution in [2.75, 3.05) is 11.9 Å². The summed E-state index contributed by atoms with van der Waals surface area (Å²) in [6, 6.07) is 9.42. The second kappa shape index (κ2) is 4.99. The molecule has 1 unspecified atom stereocenters. The van der Waals surface area contributed by atoms with Gasteiger partial charge in [-0.2, -0.15) is 0 Å². The number of aromatic nitrogens is 1. The predicted molar refractivity (Wildman–Crippen MR) is 77.3 cm³/mol. The monoisotopic (exact) mass is 300 g/mol. The Labute approximate surface area is 125 Å². The molecule has 1 amide bonds. The van der Waals surface area contributed by atoms with Crippen LogP contribution in [0, 0.1) is 10.1 Å². The number of ether oxygens (including phenoxy) is 1. The predicted octanol–water partition coefficient (Wildman–Crippen LogP) is 1.17. The van der Waals surface area contributed by atoms with Gasteiger partial charge >= 0.3 is 0 Å². The van der Waals surface area contributed by atoms with Gasteiger partial charge in [-0.15, -0.1) is 0 Å². The number of hydrogen-bond acceptors (Lipinski definition) is 6. The quantitative estimate of drug-likeness (QED) is 0.648. The van der Waals surface area contributed by atoms with Gasteiger partial charge in [0, 0.05) is 12.3 Å². The van der Waals surface area contributed by atoms with Gasteiger partial charge in [-0.3, -0.25) is 19.9 Å². The fraction of sp³-hybridized carbons (Fsp3) is 0.143. The van der Waals surface area contributed by atoms with Crippen molar-refractivity contribution in [1.29, 1.82) is 0 Å². The normalized spacial score (nSPS) is 19.5. The summed E-state index contributed by atoms with van der Waals surface area (Å²) in [5.74, 6) is -0.433. The number of benzene rings is 1. The molecule has 8 heteroatoms. The highest BCUT2D eigenvalue weighted by Gasteiger charge is 2.46. The Bertz CT molecular complexity index is 750. The number of amides is 1. The smallest absolute Gasteiger partial charge is 0.296 e. The Morgan fingerprint density at radius 3 is 2.82 bits per heavy atom. The van der Waals surface area contributed by atoms with Crippen LogP contribution in [-0.4, -0.2) is 22.4 Å². The number of carbonyl (C=O) groups is 1. The lowest BCUT2D eigenvalue weighted by Crippen LogP contribution is -2.54. The average Bonchev–Trinajstić information content (AvgIpc) is 2.54. The van der Waals surface area contributed by atoms with Gasteiger partial charge in [0.25, 0.3) is 11.6 Å². The van der Waals surface area contributed by atoms with Crippen molar-refractivity contribution < 1.29 is 14.5 Å². The number of pyridine rings is 1. The number of nitrogens with one attached hydrogen (secondary N) is 1. The number of nitrogens with zero attached hydrogens (tertiary/aromatic N) is 2. The molecule has 1 aliphatic rings. The van der Waals surface area contributed by atoms with Crippen molar-refractivity contribution >= 4 is 17.3 Å². The van der Waals surface area contributed by atoms with E-state index in [0.717, 1.165) is 0 Å². The van der Waals surface area contributed by atoms with E-state index >= 15 is 0 Å². The summed E-state index contributed by atoms with van der Waals surface area (Å²) in [5.41, 5.74) is 4.33. The van der Waals surface area contributed by atoms with Crippen molar-refractivity contribution in [2.45, 2.75) is 5.54 Å². The van der Waals surface area contributed by atoms with Crippen molar-refractivity contribution in [1.82, 2.24) is 4.98 Å². The van der Waals surface area contributed by atoms with E-state index < -0.39 is 16.4 Å². The van der Waals surface area contributed by atoms with Gasteiger partial charge in [0.2, 0.25) is 0 Å². The largest absolute Gasteiger partial charge is 0.488 e. The fourth-order valence-corrected chi connectivity index (χ4v) is 2.37. The van der Waals surface area contributed by atoms with Crippen LogP contribution in [0.5, 0.6) is 5.75 Å². The van der Waals surface area contributed by atoms with Crippen LogP contribution in [0.25, 0.3) is 0 Å². The van der Waals surface area contributed by atoms with Crippen molar-refractivity contribution in [3.8, 4) is 5.75 Å². The Morgan fingerprint density at radius 1 is 1.36 bits per heavy atom. The number of nitro groups is 1. The van der Waals surface area contributed by atoms with Gasteiger partial charge in [-0.1, -0.05) is 12.1 Å². The summed E-state index contributed by atoms with van der Waals surface area (Å²) in [6.45, 7) is -0.104. The Balaban J connectivity index is 2.15. The number of primary amides is 1. The summed E-state index contributed by atoms with van der Waals surface area (Å²) in [4.78, 5) is 26.8. The summed E-state index contributed by atoms with van der Waals surface area (Å²) in [5, 5.41) is 14.0. The third-order valence-corrected chi connectivity index (χ3v) is 3.51. The van der Waals surface area contributed by atoms with Crippen LogP contribution in [0.15, 0.2) is 42.6 Å². The summed E-state index contributed by atoms with van der Waals surface area (Å²) in [7, 11) is 0. The van der Waals surface area contributed by atoms with Crippen LogP contribution in [0.2, 0.25) is 0 Å². The standard InChI is InChI=1S/C14H12N4O4/c15-13(19)14(11-6-1-2-7-16-11)8-22-10-5-3-4-9(18(20)21)12(10)17-14/h1-7,17H,8H2,(H2,15,19). The Hall–Kier alpha value is -3.16. The van der Waals surface area contributed by atoms with Crippen molar-refractivity contribution in [2.24, 2.45) is 5.73 Å². The molecule has 0 spiro atoms. The van der Waals surface area contributed by atoms with Crippen LogP contribution in [0.4, 0.5) is 11.4 Å². The maximum absolute atomic E-state index is 12.0. The van der Waals surface area contributed by atoms with Crippen LogP contribution >= 0.6 is 0 Å². The first-order valence-corrected chi connectivity index (χ1v) is 6.44. The maximum Gasteiger partial charge on any atom is 0.296 e. The van der Waals surface area contributed by atoms with Gasteiger partial charge in [-0.25, -0.2) is 0 Å². The number of hydrogen-bond donors (Lipinski definition) is 2. The molecule has 0 radical (unpaired) electrons. The van der Waals surface area contributed by atoms with E-state index in [1.165, 1.54) is 18.3 Å². The summed E-state index contributed by atoms with van der Waals surface area (Å²) >= 11 is 0. The molecule has 22 heavy (non-hydrogen) atoms. The van der Waals surface area contributed by atoms with Crippen molar-refractivity contribution in [3.05, 3.63) is 58.4 Å². The molecule has 1 aromatic carbocycles. The lowest BCUT2D eigenvalue weighted by atomic mass is 9.92. The van der Waals surface area contributed by atoms with Crippen LogP contribution in [-0.2, 0) is 10.3 Å². The highest BCUT2D eigenvalue weighted by atomic mass is 16.6. The Morgan fingerprint density at radius 2 is 2.18 bits per heavy atom. The van der Waals surface area contributed by atoms with Crippen LogP contribution in [0.3, 0.4) is 0 Å². The average molecular weight is 300 g/mol. The molecule has 1 atom stereocenters. The first-order valence-electron chi connectivity index (χ1n) is 6.44. The van der Waals surface area contributed by atoms with Gasteiger partial charge < -0.3 is 15.8 Å². The highest BCUT2D eigenvalue weighted by Crippen LogP contribution is 2.42. The van der Waals surface area contributed by atoms with Gasteiger partial charge in [-0.05, 0) is 18.2 Å². The number of nitro benzene ring substituents is 1. The minimum Gasteiger partial charge on any atom is -0.488 e. The first kappa shape index (κ1) is 13.8. The second-order valence-corrected chi connectivity index (χ2v) is 4.81. The number of rotatable bonds is 3. The zero-order chi connectivity index (χ0) is 15.7. The number of carbonyl (C=O) groups excluding carboxylic acids is 1. The van der Waals surface area contributed by atoms with E-state index in [1.54, 1.807) is 24.3 Å². The maximum atomic E-state index is 12.0. The first-order chi connectivity index (χ1) is 10.5. The van der Waals surface area contributed by atoms with Crippen molar-refractivity contribution in [3.63, 3.8) is 0 Å². The van der Waals surface area contributed by atoms with E-state index in [0.29, 0.717) is 11.4 Å². The molecule has 8 nitrogen and oxygen atoms in total. The zero-order valence-electron chi connectivity index (χ0n) is 11.4. The molecule has 0 fully saturated rings. The second-order valence-electron chi connectivity index (χ2n) is 4.81. The lowest BCUT2D eigenvalue weighted by Gasteiger charge is -2.36. The van der Waals surface area contributed by atoms with Gasteiger partial charge in [0.1, 0.15) is 12.4 Å². The highest BCUT2D eigenvalue weighted by molar-refractivity contribution is 5.91. The summed E-state index contributed by atoms with van der Waals surface area (Å²) < 4.78 is 5.54.